The second-order valence-electron chi connectivity index (χ2n) is 5.79. The van der Waals surface area contributed by atoms with E-state index in [2.05, 4.69) is 29.7 Å². The maximum absolute atomic E-state index is 9.02. The normalized spacial score (nSPS) is 13.0. The Kier molecular flexibility index (Phi) is 3.58. The van der Waals surface area contributed by atoms with Crippen molar-refractivity contribution < 1.29 is 9.47 Å². The van der Waals surface area contributed by atoms with E-state index < -0.39 is 0 Å². The van der Waals surface area contributed by atoms with Crippen LogP contribution in [0.5, 0.6) is 11.5 Å². The van der Waals surface area contributed by atoms with Crippen molar-refractivity contribution in [1.29, 1.82) is 5.26 Å². The number of fused-ring (bicyclic) bond motifs is 2. The number of aryl methyl sites for hydroxylation is 2. The summed E-state index contributed by atoms with van der Waals surface area (Å²) in [6.07, 6.45) is 0.429. The summed E-state index contributed by atoms with van der Waals surface area (Å²) in [4.78, 5) is 4.82. The summed E-state index contributed by atoms with van der Waals surface area (Å²) in [5, 5.41) is 9.02. The van der Waals surface area contributed by atoms with Crippen LogP contribution in [-0.4, -0.2) is 22.8 Å². The minimum absolute atomic E-state index is 0.429. The number of benzene rings is 2. The molecule has 1 aliphatic rings. The number of rotatable bonds is 3. The fourth-order valence-corrected chi connectivity index (χ4v) is 3.08. The number of nitrogens with zero attached hydrogens (tertiary/aromatic N) is 3. The van der Waals surface area contributed by atoms with Gasteiger partial charge in [-0.15, -0.1) is 0 Å². The molecule has 5 heteroatoms. The molecule has 4 rings (SSSR count). The largest absolute Gasteiger partial charge is 0.486 e. The Morgan fingerprint density at radius 2 is 1.92 bits per heavy atom. The molecule has 120 valence electrons. The highest BCUT2D eigenvalue weighted by molar-refractivity contribution is 5.84. The zero-order valence-corrected chi connectivity index (χ0v) is 13.5. The van der Waals surface area contributed by atoms with Gasteiger partial charge in [-0.3, -0.25) is 0 Å². The Balaban J connectivity index is 1.95. The van der Waals surface area contributed by atoms with Crippen molar-refractivity contribution in [2.75, 3.05) is 13.2 Å². The lowest BCUT2D eigenvalue weighted by Crippen LogP contribution is -2.15. The van der Waals surface area contributed by atoms with E-state index in [0.717, 1.165) is 39.5 Å². The van der Waals surface area contributed by atoms with Crippen LogP contribution in [-0.2, 0) is 6.54 Å². The number of nitriles is 1. The van der Waals surface area contributed by atoms with E-state index in [4.69, 9.17) is 19.7 Å². The van der Waals surface area contributed by atoms with Gasteiger partial charge in [-0.1, -0.05) is 24.3 Å². The van der Waals surface area contributed by atoms with Crippen LogP contribution in [0.15, 0.2) is 36.4 Å². The SMILES string of the molecule is Cc1ccccc1-c1nc2cc3c(cc2n1CCC#N)OCCO3. The van der Waals surface area contributed by atoms with E-state index in [-0.39, 0.29) is 0 Å². The quantitative estimate of drug-likeness (QED) is 0.738. The predicted molar refractivity (Wildman–Crippen MR) is 91.1 cm³/mol. The first kappa shape index (κ1) is 14.6. The first-order valence-electron chi connectivity index (χ1n) is 8.01. The molecule has 1 aromatic heterocycles. The van der Waals surface area contributed by atoms with Crippen molar-refractivity contribution in [3.8, 4) is 29.0 Å². The highest BCUT2D eigenvalue weighted by Gasteiger charge is 2.19. The fraction of sp³-hybridized carbons (Fsp3) is 0.263. The molecule has 2 heterocycles. The third kappa shape index (κ3) is 2.37. The summed E-state index contributed by atoms with van der Waals surface area (Å²) in [6.45, 7) is 3.77. The Hall–Kier alpha value is -3.00. The van der Waals surface area contributed by atoms with Gasteiger partial charge in [0.2, 0.25) is 0 Å². The van der Waals surface area contributed by atoms with E-state index in [1.54, 1.807) is 0 Å². The zero-order chi connectivity index (χ0) is 16.5. The topological polar surface area (TPSA) is 60.1 Å². The second-order valence-corrected chi connectivity index (χ2v) is 5.79. The molecule has 5 nitrogen and oxygen atoms in total. The monoisotopic (exact) mass is 319 g/mol. The summed E-state index contributed by atoms with van der Waals surface area (Å²) in [5.74, 6) is 2.35. The summed E-state index contributed by atoms with van der Waals surface area (Å²) in [7, 11) is 0. The van der Waals surface area contributed by atoms with Gasteiger partial charge in [0.15, 0.2) is 11.5 Å². The molecule has 24 heavy (non-hydrogen) atoms. The minimum atomic E-state index is 0.429. The molecule has 0 N–H and O–H groups in total. The molecular weight excluding hydrogens is 302 g/mol. The Morgan fingerprint density at radius 3 is 2.67 bits per heavy atom. The van der Waals surface area contributed by atoms with Crippen molar-refractivity contribution in [1.82, 2.24) is 9.55 Å². The molecule has 0 fully saturated rings. The summed E-state index contributed by atoms with van der Waals surface area (Å²) in [5.41, 5.74) is 4.05. The van der Waals surface area contributed by atoms with E-state index in [1.165, 1.54) is 0 Å². The van der Waals surface area contributed by atoms with Gasteiger partial charge in [-0.25, -0.2) is 4.98 Å². The van der Waals surface area contributed by atoms with Gasteiger partial charge in [-0.05, 0) is 12.5 Å². The molecule has 0 radical (unpaired) electrons. The van der Waals surface area contributed by atoms with Gasteiger partial charge >= 0.3 is 0 Å². The van der Waals surface area contributed by atoms with Crippen LogP contribution in [0.2, 0.25) is 0 Å². The van der Waals surface area contributed by atoms with Crippen LogP contribution >= 0.6 is 0 Å². The smallest absolute Gasteiger partial charge is 0.163 e. The van der Waals surface area contributed by atoms with Gasteiger partial charge in [0.1, 0.15) is 19.0 Å². The van der Waals surface area contributed by atoms with Gasteiger partial charge in [0, 0.05) is 24.2 Å². The van der Waals surface area contributed by atoms with E-state index in [0.29, 0.717) is 26.2 Å². The standard InChI is InChI=1S/C19H17N3O2/c1-13-5-2-3-6-14(13)19-21-15-11-17-18(24-10-9-23-17)12-16(15)22(19)8-4-7-20/h2-3,5-6,11-12H,4,8-10H2,1H3. The molecule has 0 unspecified atom stereocenters. The maximum atomic E-state index is 9.02. The van der Waals surface area contributed by atoms with Crippen molar-refractivity contribution in [3.63, 3.8) is 0 Å². The third-order valence-electron chi connectivity index (χ3n) is 4.25. The van der Waals surface area contributed by atoms with Gasteiger partial charge in [0.05, 0.1) is 23.5 Å². The van der Waals surface area contributed by atoms with Crippen LogP contribution in [0.4, 0.5) is 0 Å². The van der Waals surface area contributed by atoms with E-state index in [9.17, 15) is 0 Å². The summed E-state index contributed by atoms with van der Waals surface area (Å²) >= 11 is 0. The van der Waals surface area contributed by atoms with Crippen molar-refractivity contribution >= 4 is 11.0 Å². The van der Waals surface area contributed by atoms with Gasteiger partial charge < -0.3 is 14.0 Å². The minimum Gasteiger partial charge on any atom is -0.486 e. The van der Waals surface area contributed by atoms with E-state index in [1.807, 2.05) is 24.3 Å². The second kappa shape index (κ2) is 5.89. The molecule has 1 aliphatic heterocycles. The van der Waals surface area contributed by atoms with Gasteiger partial charge in [0.25, 0.3) is 0 Å². The average Bonchev–Trinajstić information content (AvgIpc) is 2.95. The Bertz CT molecular complexity index is 953. The maximum Gasteiger partial charge on any atom is 0.163 e. The van der Waals surface area contributed by atoms with Crippen LogP contribution < -0.4 is 9.47 Å². The third-order valence-corrected chi connectivity index (χ3v) is 4.25. The summed E-state index contributed by atoms with van der Waals surface area (Å²) < 4.78 is 13.5. The molecule has 0 saturated carbocycles. The molecule has 0 saturated heterocycles. The van der Waals surface area contributed by atoms with Crippen LogP contribution in [0.25, 0.3) is 22.4 Å². The Morgan fingerprint density at radius 1 is 1.17 bits per heavy atom. The van der Waals surface area contributed by atoms with Crippen LogP contribution in [0.3, 0.4) is 0 Å². The molecule has 0 atom stereocenters. The fourth-order valence-electron chi connectivity index (χ4n) is 3.08. The lowest BCUT2D eigenvalue weighted by molar-refractivity contribution is 0.172. The number of hydrogen-bond donors (Lipinski definition) is 0. The molecule has 0 bridgehead atoms. The number of ether oxygens (including phenoxy) is 2. The number of aromatic nitrogens is 2. The van der Waals surface area contributed by atoms with Crippen molar-refractivity contribution in [2.45, 2.75) is 19.9 Å². The molecule has 0 spiro atoms. The predicted octanol–water partition coefficient (Wildman–Crippen LogP) is 3.70. The van der Waals surface area contributed by atoms with Gasteiger partial charge in [-0.2, -0.15) is 5.26 Å². The Labute approximate surface area is 140 Å². The first-order chi connectivity index (χ1) is 11.8. The molecule has 3 aromatic rings. The number of imidazole rings is 1. The lowest BCUT2D eigenvalue weighted by atomic mass is 10.1. The lowest BCUT2D eigenvalue weighted by Gasteiger charge is -2.18. The van der Waals surface area contributed by atoms with Crippen molar-refractivity contribution in [2.24, 2.45) is 0 Å². The average molecular weight is 319 g/mol. The molecule has 0 aliphatic carbocycles. The van der Waals surface area contributed by atoms with Crippen molar-refractivity contribution in [3.05, 3.63) is 42.0 Å². The highest BCUT2D eigenvalue weighted by Crippen LogP contribution is 2.36. The number of hydrogen-bond acceptors (Lipinski definition) is 4. The molecule has 0 amide bonds. The zero-order valence-electron chi connectivity index (χ0n) is 13.5. The molecule has 2 aromatic carbocycles. The first-order valence-corrected chi connectivity index (χ1v) is 8.01. The highest BCUT2D eigenvalue weighted by atomic mass is 16.6. The molecular formula is C19H17N3O2. The van der Waals surface area contributed by atoms with Crippen LogP contribution in [0.1, 0.15) is 12.0 Å². The van der Waals surface area contributed by atoms with E-state index >= 15 is 0 Å². The van der Waals surface area contributed by atoms with Crippen LogP contribution in [0, 0.1) is 18.3 Å². The summed E-state index contributed by atoms with van der Waals surface area (Å²) in [6, 6.07) is 14.3.